The van der Waals surface area contributed by atoms with Gasteiger partial charge >= 0.3 is 0 Å². The summed E-state index contributed by atoms with van der Waals surface area (Å²) in [4.78, 5) is 0. The molecule has 0 aromatic rings. The van der Waals surface area contributed by atoms with Gasteiger partial charge in [0, 0.05) is 16.5 Å². The van der Waals surface area contributed by atoms with Gasteiger partial charge in [-0.3, -0.25) is 0 Å². The summed E-state index contributed by atoms with van der Waals surface area (Å²) in [7, 11) is 1.55. The number of hydrogen-bond donors (Lipinski definition) is 0. The molecule has 1 nitrogen and oxygen atoms in total. The van der Waals surface area contributed by atoms with Gasteiger partial charge in [0.05, 0.1) is 0 Å². The summed E-state index contributed by atoms with van der Waals surface area (Å²) in [6.45, 7) is 2.06. The van der Waals surface area contributed by atoms with Gasteiger partial charge in [-0.25, -0.2) is 0 Å². The standard InChI is InChI=1S/C5H12O/c1-3-4-5-6-2/h3-5H2,1-2H3/i3T,4T. The van der Waals surface area contributed by atoms with E-state index in [4.69, 9.17) is 2.74 Å². The van der Waals surface area contributed by atoms with E-state index >= 15 is 0 Å². The molecule has 0 heterocycles. The van der Waals surface area contributed by atoms with Crippen molar-refractivity contribution in [1.29, 1.82) is 0 Å². The van der Waals surface area contributed by atoms with Crippen molar-refractivity contribution in [2.45, 2.75) is 19.7 Å². The maximum atomic E-state index is 7.11. The molecule has 0 rings (SSSR count). The van der Waals surface area contributed by atoms with E-state index < -0.39 is 0 Å². The van der Waals surface area contributed by atoms with Crippen molar-refractivity contribution in [2.24, 2.45) is 0 Å². The summed E-state index contributed by atoms with van der Waals surface area (Å²) in [6, 6.07) is 0. The van der Waals surface area contributed by atoms with Crippen molar-refractivity contribution >= 4 is 0 Å². The number of rotatable bonds is 3. The summed E-state index contributed by atoms with van der Waals surface area (Å²) >= 11 is 0. The zero-order chi connectivity index (χ0) is 6.57. The molecule has 0 radical (unpaired) electrons. The van der Waals surface area contributed by atoms with Crippen LogP contribution in [0.15, 0.2) is 0 Å². The monoisotopic (exact) mass is 92.1 g/mol. The van der Waals surface area contributed by atoms with Crippen molar-refractivity contribution in [1.82, 2.24) is 0 Å². The van der Waals surface area contributed by atoms with Crippen LogP contribution in [0.25, 0.3) is 0 Å². The van der Waals surface area contributed by atoms with Gasteiger partial charge in [-0.2, -0.15) is 0 Å². The molecule has 0 N–H and O–H groups in total. The van der Waals surface area contributed by atoms with Crippen LogP contribution in [-0.2, 0) is 4.74 Å². The maximum absolute atomic E-state index is 7.11. The minimum Gasteiger partial charge on any atom is -0.385 e. The smallest absolute Gasteiger partial charge is 0.0462 e. The molecule has 0 bridgehead atoms. The summed E-state index contributed by atoms with van der Waals surface area (Å²) in [5, 5.41) is 0. The Morgan fingerprint density at radius 1 is 1.83 bits per heavy atom. The Morgan fingerprint density at radius 2 is 2.50 bits per heavy atom. The second kappa shape index (κ2) is 4.96. The average Bonchev–Trinajstić information content (AvgIpc) is 1.67. The molecule has 1 heteroatoms. The third kappa shape index (κ3) is 3.96. The lowest BCUT2D eigenvalue weighted by atomic mass is 10.4. The lowest BCUT2D eigenvalue weighted by Crippen LogP contribution is -1.84. The molecule has 0 aliphatic carbocycles. The molecule has 6 heavy (non-hydrogen) atoms. The molecule has 0 aromatic carbocycles. The Labute approximate surface area is 42.1 Å². The summed E-state index contributed by atoms with van der Waals surface area (Å²) in [6.07, 6.45) is -0.727. The van der Waals surface area contributed by atoms with Crippen molar-refractivity contribution < 1.29 is 7.48 Å². The van der Waals surface area contributed by atoms with E-state index in [9.17, 15) is 0 Å². The van der Waals surface area contributed by atoms with E-state index in [1.54, 1.807) is 14.0 Å². The maximum Gasteiger partial charge on any atom is 0.0462 e. The minimum atomic E-state index is -0.389. The highest BCUT2D eigenvalue weighted by atomic mass is 16.5. The van der Waals surface area contributed by atoms with Crippen LogP contribution in [0.3, 0.4) is 0 Å². The van der Waals surface area contributed by atoms with Gasteiger partial charge in [0.15, 0.2) is 0 Å². The van der Waals surface area contributed by atoms with E-state index in [0.29, 0.717) is 6.61 Å². The van der Waals surface area contributed by atoms with E-state index in [2.05, 4.69) is 4.74 Å². The predicted molar refractivity (Wildman–Crippen MR) is 26.8 cm³/mol. The first-order valence-electron chi connectivity index (χ1n) is 3.17. The first kappa shape index (κ1) is 3.03. The number of ether oxygens (including phenoxy) is 1. The molecule has 0 fully saturated rings. The Balaban J connectivity index is 3.17. The molecule has 0 saturated heterocycles. The molecular weight excluding hydrogens is 76.1 g/mol. The number of methoxy groups -OCH3 is 1. The minimum absolute atomic E-state index is 0.338. The van der Waals surface area contributed by atoms with Crippen molar-refractivity contribution in [3.05, 3.63) is 0 Å². The molecular formula is C5H12O. The van der Waals surface area contributed by atoms with E-state index in [1.165, 1.54) is 0 Å². The first-order chi connectivity index (χ1) is 3.68. The van der Waals surface area contributed by atoms with Crippen LogP contribution in [-0.4, -0.2) is 13.7 Å². The molecule has 38 valence electrons. The Kier molecular flexibility index (Phi) is 2.50. The van der Waals surface area contributed by atoms with Crippen LogP contribution < -0.4 is 0 Å². The van der Waals surface area contributed by atoms with Crippen molar-refractivity contribution in [2.75, 3.05) is 13.7 Å². The fraction of sp³-hybridized carbons (Fsp3) is 1.00. The molecule has 0 spiro atoms. The van der Waals surface area contributed by atoms with Crippen molar-refractivity contribution in [3.63, 3.8) is 0 Å². The molecule has 0 amide bonds. The molecule has 0 saturated carbocycles. The van der Waals surface area contributed by atoms with Gasteiger partial charge in [0.1, 0.15) is 0 Å². The van der Waals surface area contributed by atoms with Crippen LogP contribution in [0.4, 0.5) is 0 Å². The summed E-state index contributed by atoms with van der Waals surface area (Å²) in [5.74, 6) is 0. The highest BCUT2D eigenvalue weighted by Gasteiger charge is 1.74. The molecule has 0 aliphatic rings. The van der Waals surface area contributed by atoms with Gasteiger partial charge in [-0.1, -0.05) is 13.3 Å². The fourth-order valence-corrected chi connectivity index (χ4v) is 0.192. The lowest BCUT2D eigenvalue weighted by molar-refractivity contribution is 0.194. The molecule has 2 unspecified atom stereocenters. The Bertz CT molecular complexity index is 56.4. The Hall–Kier alpha value is -0.0400. The lowest BCUT2D eigenvalue weighted by Gasteiger charge is -1.89. The second-order valence-corrected chi connectivity index (χ2v) is 1.02. The SMILES string of the molecule is [3H]C(C)C([3H])COC. The zero-order valence-corrected chi connectivity index (χ0v) is 4.27. The Morgan fingerprint density at radius 3 is 2.67 bits per heavy atom. The summed E-state index contributed by atoms with van der Waals surface area (Å²) in [5.41, 5.74) is 0. The molecule has 0 aliphatic heterocycles. The zero-order valence-electron chi connectivity index (χ0n) is 6.27. The topological polar surface area (TPSA) is 9.23 Å². The highest BCUT2D eigenvalue weighted by molar-refractivity contribution is 4.26. The van der Waals surface area contributed by atoms with E-state index in [-0.39, 0.29) is 12.8 Å². The van der Waals surface area contributed by atoms with Gasteiger partial charge in [-0.15, -0.1) is 0 Å². The number of hydrogen-bond acceptors (Lipinski definition) is 1. The van der Waals surface area contributed by atoms with Crippen LogP contribution in [0.5, 0.6) is 0 Å². The van der Waals surface area contributed by atoms with Gasteiger partial charge in [0.25, 0.3) is 0 Å². The van der Waals surface area contributed by atoms with Crippen LogP contribution in [0, 0.1) is 0 Å². The van der Waals surface area contributed by atoms with Gasteiger partial charge < -0.3 is 4.74 Å². The largest absolute Gasteiger partial charge is 0.385 e. The van der Waals surface area contributed by atoms with Crippen LogP contribution in [0.1, 0.15) is 22.5 Å². The highest BCUT2D eigenvalue weighted by Crippen LogP contribution is 1.83. The van der Waals surface area contributed by atoms with Crippen LogP contribution in [0.2, 0.25) is 0 Å². The van der Waals surface area contributed by atoms with Crippen LogP contribution >= 0.6 is 0 Å². The van der Waals surface area contributed by atoms with E-state index in [1.807, 2.05) is 0 Å². The predicted octanol–water partition coefficient (Wildman–Crippen LogP) is 1.43. The fourth-order valence-electron chi connectivity index (χ4n) is 0.192. The quantitative estimate of drug-likeness (QED) is 0.511. The third-order valence-corrected chi connectivity index (χ3v) is 0.499. The first-order valence-corrected chi connectivity index (χ1v) is 2.02. The van der Waals surface area contributed by atoms with E-state index in [0.717, 1.165) is 0 Å². The second-order valence-electron chi connectivity index (χ2n) is 1.02. The van der Waals surface area contributed by atoms with Crippen molar-refractivity contribution in [3.8, 4) is 0 Å². The van der Waals surface area contributed by atoms with Gasteiger partial charge in [-0.05, 0) is 6.40 Å². The third-order valence-electron chi connectivity index (χ3n) is 0.499. The summed E-state index contributed by atoms with van der Waals surface area (Å²) < 4.78 is 18.8. The average molecular weight is 92.2 g/mol. The van der Waals surface area contributed by atoms with Gasteiger partial charge in [0.2, 0.25) is 0 Å². The normalized spacial score (nSPS) is 24.3. The molecule has 0 aromatic heterocycles. The molecule has 2 atom stereocenters.